The molecule has 34 heavy (non-hydrogen) atoms. The molecule has 0 aliphatic carbocycles. The molecule has 2 aromatic carbocycles. The van der Waals surface area contributed by atoms with Crippen molar-refractivity contribution in [1.82, 2.24) is 10.2 Å². The van der Waals surface area contributed by atoms with Crippen molar-refractivity contribution in [3.8, 4) is 0 Å². The van der Waals surface area contributed by atoms with Gasteiger partial charge in [-0.1, -0.05) is 30.3 Å². The van der Waals surface area contributed by atoms with Crippen LogP contribution >= 0.6 is 0 Å². The van der Waals surface area contributed by atoms with E-state index in [4.69, 9.17) is 0 Å². The molecule has 4 rings (SSSR count). The molecule has 1 saturated heterocycles. The lowest BCUT2D eigenvalue weighted by molar-refractivity contribution is -0.122. The third kappa shape index (κ3) is 5.50. The minimum Gasteiger partial charge on any atom is -0.353 e. The van der Waals surface area contributed by atoms with Crippen molar-refractivity contribution in [3.63, 3.8) is 0 Å². The van der Waals surface area contributed by atoms with E-state index >= 15 is 0 Å². The summed E-state index contributed by atoms with van der Waals surface area (Å²) < 4.78 is 26.2. The van der Waals surface area contributed by atoms with E-state index in [0.29, 0.717) is 13.0 Å². The summed E-state index contributed by atoms with van der Waals surface area (Å²) in [5.41, 5.74) is 2.91. The van der Waals surface area contributed by atoms with E-state index in [2.05, 4.69) is 22.3 Å². The molecule has 2 aliphatic heterocycles. The van der Waals surface area contributed by atoms with E-state index in [-0.39, 0.29) is 29.2 Å². The molecule has 182 valence electrons. The molecular formula is C26H33N3O4S. The Bertz CT molecular complexity index is 1140. The molecule has 2 amide bonds. The standard InChI is InChI=1S/C26H33N3O4S/c1-19(34(32,33)24-8-9-25-22(17-24)10-15-29(25)20(2)30)16-26(31)27-23-11-13-28(14-12-23)18-21-6-4-3-5-7-21/h3-9,17,19,23H,10-16,18H2,1-2H3,(H,27,31)/t19-/m0/s1. The number of anilines is 1. The minimum atomic E-state index is -3.65. The van der Waals surface area contributed by atoms with Crippen LogP contribution in [-0.4, -0.2) is 56.1 Å². The highest BCUT2D eigenvalue weighted by Gasteiger charge is 2.30. The molecule has 2 aromatic rings. The number of nitrogens with one attached hydrogen (secondary N) is 1. The van der Waals surface area contributed by atoms with Crippen LogP contribution in [0.3, 0.4) is 0 Å². The van der Waals surface area contributed by atoms with Crippen molar-refractivity contribution in [3.05, 3.63) is 59.7 Å². The highest BCUT2D eigenvalue weighted by atomic mass is 32.2. The number of hydrogen-bond donors (Lipinski definition) is 1. The first-order valence-electron chi connectivity index (χ1n) is 11.9. The maximum absolute atomic E-state index is 13.1. The van der Waals surface area contributed by atoms with E-state index in [9.17, 15) is 18.0 Å². The molecule has 0 saturated carbocycles. The quantitative estimate of drug-likeness (QED) is 0.654. The number of rotatable bonds is 7. The topological polar surface area (TPSA) is 86.8 Å². The van der Waals surface area contributed by atoms with Crippen molar-refractivity contribution in [2.45, 2.75) is 62.3 Å². The number of carbonyl (C=O) groups is 2. The van der Waals surface area contributed by atoms with Gasteiger partial charge in [0.1, 0.15) is 0 Å². The van der Waals surface area contributed by atoms with Gasteiger partial charge in [0.2, 0.25) is 11.8 Å². The average molecular weight is 484 g/mol. The molecule has 8 heteroatoms. The lowest BCUT2D eigenvalue weighted by Gasteiger charge is -2.32. The van der Waals surface area contributed by atoms with E-state index in [1.807, 2.05) is 18.2 Å². The van der Waals surface area contributed by atoms with Crippen molar-refractivity contribution in [2.24, 2.45) is 0 Å². The maximum atomic E-state index is 13.1. The number of fused-ring (bicyclic) bond motifs is 1. The molecule has 7 nitrogen and oxygen atoms in total. The van der Waals surface area contributed by atoms with Gasteiger partial charge < -0.3 is 10.2 Å². The molecular weight excluding hydrogens is 450 g/mol. The van der Waals surface area contributed by atoms with Gasteiger partial charge in [0.15, 0.2) is 9.84 Å². The summed E-state index contributed by atoms with van der Waals surface area (Å²) in [7, 11) is -3.65. The fourth-order valence-electron chi connectivity index (χ4n) is 4.85. The van der Waals surface area contributed by atoms with E-state index < -0.39 is 15.1 Å². The summed E-state index contributed by atoms with van der Waals surface area (Å²) in [5, 5.41) is 2.22. The molecule has 0 unspecified atom stereocenters. The predicted molar refractivity (Wildman–Crippen MR) is 132 cm³/mol. The van der Waals surface area contributed by atoms with Crippen LogP contribution in [0.1, 0.15) is 44.2 Å². The SMILES string of the molecule is CC(=O)N1CCc2cc(S(=O)(=O)[C@@H](C)CC(=O)NC3CCN(Cc4ccccc4)CC3)ccc21. The highest BCUT2D eigenvalue weighted by Crippen LogP contribution is 2.31. The average Bonchev–Trinajstić information content (AvgIpc) is 3.25. The van der Waals surface area contributed by atoms with Crippen LogP contribution in [-0.2, 0) is 32.4 Å². The molecule has 2 aliphatic rings. The number of nitrogens with zero attached hydrogens (tertiary/aromatic N) is 2. The third-order valence-electron chi connectivity index (χ3n) is 6.86. The van der Waals surface area contributed by atoms with E-state index in [0.717, 1.165) is 43.7 Å². The predicted octanol–water partition coefficient (Wildman–Crippen LogP) is 2.93. The van der Waals surface area contributed by atoms with Gasteiger partial charge >= 0.3 is 0 Å². The second-order valence-electron chi connectivity index (χ2n) is 9.37. The Morgan fingerprint density at radius 1 is 1.06 bits per heavy atom. The summed E-state index contributed by atoms with van der Waals surface area (Å²) in [4.78, 5) is 28.6. The fraction of sp³-hybridized carbons (Fsp3) is 0.462. The largest absolute Gasteiger partial charge is 0.353 e. The van der Waals surface area contributed by atoms with Crippen molar-refractivity contribution in [2.75, 3.05) is 24.5 Å². The Morgan fingerprint density at radius 2 is 1.76 bits per heavy atom. The van der Waals surface area contributed by atoms with Crippen LogP contribution in [0.4, 0.5) is 5.69 Å². The summed E-state index contributed by atoms with van der Waals surface area (Å²) >= 11 is 0. The van der Waals surface area contributed by atoms with Crippen LogP contribution < -0.4 is 10.2 Å². The van der Waals surface area contributed by atoms with Crippen LogP contribution in [0.2, 0.25) is 0 Å². The zero-order valence-corrected chi connectivity index (χ0v) is 20.7. The van der Waals surface area contributed by atoms with Gasteiger partial charge in [-0.25, -0.2) is 8.42 Å². The lowest BCUT2D eigenvalue weighted by atomic mass is 10.0. The van der Waals surface area contributed by atoms with Gasteiger partial charge in [0.25, 0.3) is 0 Å². The number of benzene rings is 2. The Hall–Kier alpha value is -2.71. The zero-order valence-electron chi connectivity index (χ0n) is 19.9. The molecule has 0 aromatic heterocycles. The number of sulfone groups is 1. The zero-order chi connectivity index (χ0) is 24.3. The van der Waals surface area contributed by atoms with Gasteiger partial charge in [-0.05, 0) is 55.5 Å². The second-order valence-corrected chi connectivity index (χ2v) is 11.7. The first kappa shape index (κ1) is 24.4. The number of amides is 2. The Balaban J connectivity index is 1.29. The second kappa shape index (κ2) is 10.3. The van der Waals surface area contributed by atoms with Crippen molar-refractivity contribution >= 4 is 27.3 Å². The van der Waals surface area contributed by atoms with Gasteiger partial charge in [0.05, 0.1) is 10.1 Å². The van der Waals surface area contributed by atoms with E-state index in [1.165, 1.54) is 12.5 Å². The maximum Gasteiger partial charge on any atom is 0.223 e. The van der Waals surface area contributed by atoms with Crippen molar-refractivity contribution in [1.29, 1.82) is 0 Å². The minimum absolute atomic E-state index is 0.0507. The van der Waals surface area contributed by atoms with Gasteiger partial charge in [0, 0.05) is 51.3 Å². The highest BCUT2D eigenvalue weighted by molar-refractivity contribution is 7.92. The number of likely N-dealkylation sites (tertiary alicyclic amines) is 1. The summed E-state index contributed by atoms with van der Waals surface area (Å²) in [5.74, 6) is -0.271. The summed E-state index contributed by atoms with van der Waals surface area (Å²) in [6.45, 7) is 6.37. The number of carbonyl (C=O) groups excluding carboxylic acids is 2. The number of piperidine rings is 1. The molecule has 1 N–H and O–H groups in total. The Morgan fingerprint density at radius 3 is 2.44 bits per heavy atom. The van der Waals surface area contributed by atoms with Crippen LogP contribution in [0, 0.1) is 0 Å². The van der Waals surface area contributed by atoms with Crippen molar-refractivity contribution < 1.29 is 18.0 Å². The lowest BCUT2D eigenvalue weighted by Crippen LogP contribution is -2.45. The number of hydrogen-bond acceptors (Lipinski definition) is 5. The van der Waals surface area contributed by atoms with Gasteiger partial charge in [-0.15, -0.1) is 0 Å². The first-order chi connectivity index (χ1) is 16.2. The fourth-order valence-corrected chi connectivity index (χ4v) is 6.25. The summed E-state index contributed by atoms with van der Waals surface area (Å²) in [6.07, 6.45) is 2.29. The van der Waals surface area contributed by atoms with Crippen LogP contribution in [0.5, 0.6) is 0 Å². The van der Waals surface area contributed by atoms with Gasteiger partial charge in [-0.2, -0.15) is 0 Å². The molecule has 1 atom stereocenters. The molecule has 2 heterocycles. The monoisotopic (exact) mass is 483 g/mol. The molecule has 0 spiro atoms. The van der Waals surface area contributed by atoms with Crippen LogP contribution in [0.15, 0.2) is 53.4 Å². The third-order valence-corrected chi connectivity index (χ3v) is 9.00. The summed E-state index contributed by atoms with van der Waals surface area (Å²) in [6, 6.07) is 15.3. The van der Waals surface area contributed by atoms with E-state index in [1.54, 1.807) is 30.0 Å². The molecule has 1 fully saturated rings. The smallest absolute Gasteiger partial charge is 0.223 e. The normalized spacial score (nSPS) is 17.9. The van der Waals surface area contributed by atoms with Gasteiger partial charge in [-0.3, -0.25) is 14.5 Å². The Labute approximate surface area is 202 Å². The van der Waals surface area contributed by atoms with Crippen LogP contribution in [0.25, 0.3) is 0 Å². The first-order valence-corrected chi connectivity index (χ1v) is 13.5. The Kier molecular flexibility index (Phi) is 7.38. The molecule has 0 radical (unpaired) electrons. The molecule has 0 bridgehead atoms.